The number of rotatable bonds is 7. The van der Waals surface area contributed by atoms with Crippen molar-refractivity contribution in [3.05, 3.63) is 87.5 Å². The second-order valence-corrected chi connectivity index (χ2v) is 7.09. The van der Waals surface area contributed by atoms with Gasteiger partial charge in [-0.25, -0.2) is 0 Å². The summed E-state index contributed by atoms with van der Waals surface area (Å²) in [6, 6.07) is 22.6. The molecule has 0 aliphatic carbocycles. The lowest BCUT2D eigenvalue weighted by molar-refractivity contribution is 0.102. The van der Waals surface area contributed by atoms with Crippen LogP contribution in [0.3, 0.4) is 0 Å². The Kier molecular flexibility index (Phi) is 6.70. The summed E-state index contributed by atoms with van der Waals surface area (Å²) >= 11 is 2.23. The zero-order valence-corrected chi connectivity index (χ0v) is 17.1. The minimum atomic E-state index is -0.162. The van der Waals surface area contributed by atoms with Crippen molar-refractivity contribution in [2.45, 2.75) is 6.92 Å². The summed E-state index contributed by atoms with van der Waals surface area (Å²) in [5.41, 5.74) is 2.40. The van der Waals surface area contributed by atoms with Crippen molar-refractivity contribution in [1.82, 2.24) is 0 Å². The second-order valence-electron chi connectivity index (χ2n) is 5.92. The first kappa shape index (κ1) is 19.2. The van der Waals surface area contributed by atoms with Crippen LogP contribution in [0.4, 0.5) is 5.69 Å². The van der Waals surface area contributed by atoms with Gasteiger partial charge in [-0.15, -0.1) is 0 Å². The van der Waals surface area contributed by atoms with Gasteiger partial charge in [0.15, 0.2) is 0 Å². The first-order valence-electron chi connectivity index (χ1n) is 8.60. The fraction of sp³-hybridized carbons (Fsp3) is 0.136. The molecular weight excluding hydrogens is 453 g/mol. The Labute approximate surface area is 172 Å². The van der Waals surface area contributed by atoms with E-state index in [9.17, 15) is 4.79 Å². The van der Waals surface area contributed by atoms with Gasteiger partial charge in [0.25, 0.3) is 5.91 Å². The SMILES string of the molecule is Cc1ccc(C(=O)Nc2ccccc2OCCOc2ccccc2)cc1I. The zero-order valence-electron chi connectivity index (χ0n) is 14.9. The molecule has 3 rings (SSSR count). The number of hydrogen-bond donors (Lipinski definition) is 1. The largest absolute Gasteiger partial charge is 0.490 e. The molecule has 27 heavy (non-hydrogen) atoms. The standard InChI is InChI=1S/C22H20INO3/c1-16-11-12-17(15-19(16)23)22(25)24-20-9-5-6-10-21(20)27-14-13-26-18-7-3-2-4-8-18/h2-12,15H,13-14H2,1H3,(H,24,25). The molecule has 0 aromatic heterocycles. The Morgan fingerprint density at radius 3 is 2.41 bits per heavy atom. The first-order chi connectivity index (χ1) is 13.1. The third kappa shape index (κ3) is 5.47. The van der Waals surface area contributed by atoms with Gasteiger partial charge in [-0.3, -0.25) is 4.79 Å². The fourth-order valence-corrected chi connectivity index (χ4v) is 2.97. The van der Waals surface area contributed by atoms with E-state index in [1.54, 1.807) is 0 Å². The monoisotopic (exact) mass is 473 g/mol. The molecule has 5 heteroatoms. The Hall–Kier alpha value is -2.54. The molecule has 1 N–H and O–H groups in total. The molecule has 0 aliphatic heterocycles. The van der Waals surface area contributed by atoms with E-state index in [1.807, 2.05) is 79.7 Å². The summed E-state index contributed by atoms with van der Waals surface area (Å²) < 4.78 is 12.5. The molecule has 1 amide bonds. The minimum absolute atomic E-state index is 0.162. The number of halogens is 1. The lowest BCUT2D eigenvalue weighted by Gasteiger charge is -2.13. The van der Waals surface area contributed by atoms with E-state index >= 15 is 0 Å². The molecule has 0 saturated heterocycles. The Balaban J connectivity index is 1.59. The maximum Gasteiger partial charge on any atom is 0.255 e. The van der Waals surface area contributed by atoms with Gasteiger partial charge >= 0.3 is 0 Å². The van der Waals surface area contributed by atoms with Gasteiger partial charge < -0.3 is 14.8 Å². The van der Waals surface area contributed by atoms with E-state index in [2.05, 4.69) is 27.9 Å². The average molecular weight is 473 g/mol. The van der Waals surface area contributed by atoms with E-state index in [1.165, 1.54) is 0 Å². The maximum atomic E-state index is 12.6. The zero-order chi connectivity index (χ0) is 19.1. The molecule has 3 aromatic rings. The highest BCUT2D eigenvalue weighted by Crippen LogP contribution is 2.25. The number of amides is 1. The van der Waals surface area contributed by atoms with Gasteiger partial charge in [0.05, 0.1) is 5.69 Å². The second kappa shape index (κ2) is 9.41. The van der Waals surface area contributed by atoms with Crippen LogP contribution in [0.5, 0.6) is 11.5 Å². The van der Waals surface area contributed by atoms with Crippen LogP contribution in [0.15, 0.2) is 72.8 Å². The first-order valence-corrected chi connectivity index (χ1v) is 9.68. The van der Waals surface area contributed by atoms with E-state index in [0.717, 1.165) is 14.9 Å². The van der Waals surface area contributed by atoms with Crippen molar-refractivity contribution in [2.75, 3.05) is 18.5 Å². The molecule has 3 aromatic carbocycles. The quantitative estimate of drug-likeness (QED) is 0.374. The lowest BCUT2D eigenvalue weighted by Crippen LogP contribution is -2.14. The molecule has 0 saturated carbocycles. The van der Waals surface area contributed by atoms with Gasteiger partial charge in [0.2, 0.25) is 0 Å². The predicted molar refractivity (Wildman–Crippen MR) is 116 cm³/mol. The molecule has 0 spiro atoms. The van der Waals surface area contributed by atoms with Gasteiger partial charge in [-0.1, -0.05) is 36.4 Å². The number of carbonyl (C=O) groups excluding carboxylic acids is 1. The number of ether oxygens (including phenoxy) is 2. The van der Waals surface area contributed by atoms with Crippen LogP contribution in [0, 0.1) is 10.5 Å². The normalized spacial score (nSPS) is 10.3. The van der Waals surface area contributed by atoms with Crippen LogP contribution in [0.1, 0.15) is 15.9 Å². The molecule has 0 fully saturated rings. The van der Waals surface area contributed by atoms with E-state index in [4.69, 9.17) is 9.47 Å². The highest BCUT2D eigenvalue weighted by Gasteiger charge is 2.11. The molecule has 0 radical (unpaired) electrons. The van der Waals surface area contributed by atoms with Crippen LogP contribution in [-0.2, 0) is 0 Å². The number of benzene rings is 3. The maximum absolute atomic E-state index is 12.6. The van der Waals surface area contributed by atoms with Gasteiger partial charge in [0, 0.05) is 9.13 Å². The molecule has 0 heterocycles. The van der Waals surface area contributed by atoms with E-state index < -0.39 is 0 Å². The summed E-state index contributed by atoms with van der Waals surface area (Å²) in [6.07, 6.45) is 0. The number of aryl methyl sites for hydroxylation is 1. The van der Waals surface area contributed by atoms with Crippen LogP contribution in [-0.4, -0.2) is 19.1 Å². The Bertz CT molecular complexity index is 912. The smallest absolute Gasteiger partial charge is 0.255 e. The third-order valence-electron chi connectivity index (χ3n) is 3.92. The third-order valence-corrected chi connectivity index (χ3v) is 5.08. The highest BCUT2D eigenvalue weighted by molar-refractivity contribution is 14.1. The fourth-order valence-electron chi connectivity index (χ4n) is 2.45. The minimum Gasteiger partial charge on any atom is -0.490 e. The van der Waals surface area contributed by atoms with Gasteiger partial charge in [-0.05, 0) is 71.5 Å². The summed E-state index contributed by atoms with van der Waals surface area (Å²) in [4.78, 5) is 12.6. The molecule has 0 atom stereocenters. The van der Waals surface area contributed by atoms with Crippen LogP contribution >= 0.6 is 22.6 Å². The Morgan fingerprint density at radius 2 is 1.63 bits per heavy atom. The number of carbonyl (C=O) groups is 1. The van der Waals surface area contributed by atoms with Gasteiger partial charge in [0.1, 0.15) is 24.7 Å². The number of para-hydroxylation sites is 3. The van der Waals surface area contributed by atoms with E-state index in [0.29, 0.717) is 30.2 Å². The van der Waals surface area contributed by atoms with Crippen LogP contribution < -0.4 is 14.8 Å². The summed E-state index contributed by atoms with van der Waals surface area (Å²) in [5.74, 6) is 1.26. The van der Waals surface area contributed by atoms with E-state index in [-0.39, 0.29) is 5.91 Å². The number of nitrogens with one attached hydrogen (secondary N) is 1. The molecule has 0 unspecified atom stereocenters. The van der Waals surface area contributed by atoms with Crippen molar-refractivity contribution in [1.29, 1.82) is 0 Å². The molecule has 138 valence electrons. The van der Waals surface area contributed by atoms with Crippen molar-refractivity contribution in [3.63, 3.8) is 0 Å². The Morgan fingerprint density at radius 1 is 0.926 bits per heavy atom. The average Bonchev–Trinajstić information content (AvgIpc) is 2.69. The van der Waals surface area contributed by atoms with Crippen molar-refractivity contribution < 1.29 is 14.3 Å². The predicted octanol–water partition coefficient (Wildman–Crippen LogP) is 5.31. The summed E-state index contributed by atoms with van der Waals surface area (Å²) in [7, 11) is 0. The summed E-state index contributed by atoms with van der Waals surface area (Å²) in [5, 5.41) is 2.92. The molecular formula is C22H20INO3. The topological polar surface area (TPSA) is 47.6 Å². The van der Waals surface area contributed by atoms with Crippen molar-refractivity contribution in [3.8, 4) is 11.5 Å². The van der Waals surface area contributed by atoms with Crippen LogP contribution in [0.25, 0.3) is 0 Å². The summed E-state index contributed by atoms with van der Waals surface area (Å²) in [6.45, 7) is 2.82. The number of hydrogen-bond acceptors (Lipinski definition) is 3. The molecule has 4 nitrogen and oxygen atoms in total. The van der Waals surface area contributed by atoms with Crippen molar-refractivity contribution >= 4 is 34.2 Å². The van der Waals surface area contributed by atoms with Crippen LogP contribution in [0.2, 0.25) is 0 Å². The lowest BCUT2D eigenvalue weighted by atomic mass is 10.1. The molecule has 0 bridgehead atoms. The molecule has 0 aliphatic rings. The van der Waals surface area contributed by atoms with Gasteiger partial charge in [-0.2, -0.15) is 0 Å². The van der Waals surface area contributed by atoms with Crippen molar-refractivity contribution in [2.24, 2.45) is 0 Å². The number of anilines is 1. The highest BCUT2D eigenvalue weighted by atomic mass is 127.